The lowest BCUT2D eigenvalue weighted by Crippen LogP contribution is -2.30. The molecule has 0 spiro atoms. The van der Waals surface area contributed by atoms with E-state index in [9.17, 15) is 14.4 Å². The van der Waals surface area contributed by atoms with Crippen LogP contribution in [-0.2, 0) is 28.6 Å². The van der Waals surface area contributed by atoms with Crippen molar-refractivity contribution in [1.29, 1.82) is 0 Å². The fourth-order valence-corrected chi connectivity index (χ4v) is 7.56. The van der Waals surface area contributed by atoms with Crippen LogP contribution in [0.2, 0.25) is 0 Å². The molecule has 1 atom stereocenters. The van der Waals surface area contributed by atoms with Crippen molar-refractivity contribution in [3.05, 3.63) is 85.1 Å². The SMILES string of the molecule is CC\C=C/C=C\C=C/C=C\CCCCCC(=O)OCC(COC(=O)CCCCCCCCCCCC/C=C\C=C/CCCCC)OC(=O)CCCCCCC/C=C\CCCCCCCCC. The van der Waals surface area contributed by atoms with Gasteiger partial charge in [-0.2, -0.15) is 0 Å². The monoisotopic (exact) mass is 919 g/mol. The molecule has 0 aliphatic rings. The van der Waals surface area contributed by atoms with E-state index in [1.165, 1.54) is 135 Å². The van der Waals surface area contributed by atoms with Gasteiger partial charge in [-0.25, -0.2) is 0 Å². The summed E-state index contributed by atoms with van der Waals surface area (Å²) >= 11 is 0. The molecule has 6 heteroatoms. The van der Waals surface area contributed by atoms with E-state index in [0.717, 1.165) is 83.5 Å². The first kappa shape index (κ1) is 62.6. The van der Waals surface area contributed by atoms with Crippen LogP contribution in [0.4, 0.5) is 0 Å². The molecule has 0 aromatic rings. The Balaban J connectivity index is 4.42. The van der Waals surface area contributed by atoms with Gasteiger partial charge in [0, 0.05) is 19.3 Å². The molecule has 0 saturated heterocycles. The lowest BCUT2D eigenvalue weighted by atomic mass is 10.1. The van der Waals surface area contributed by atoms with Crippen molar-refractivity contribution in [1.82, 2.24) is 0 Å². The fraction of sp³-hybridized carbons (Fsp3) is 0.717. The van der Waals surface area contributed by atoms with Crippen LogP contribution in [0.5, 0.6) is 0 Å². The topological polar surface area (TPSA) is 78.9 Å². The van der Waals surface area contributed by atoms with Gasteiger partial charge >= 0.3 is 17.9 Å². The number of hydrogen-bond acceptors (Lipinski definition) is 6. The smallest absolute Gasteiger partial charge is 0.306 e. The zero-order valence-electron chi connectivity index (χ0n) is 43.2. The summed E-state index contributed by atoms with van der Waals surface area (Å²) in [5, 5.41) is 0. The number of rotatable bonds is 49. The molecule has 378 valence electrons. The van der Waals surface area contributed by atoms with Gasteiger partial charge in [0.1, 0.15) is 13.2 Å². The molecule has 0 rings (SSSR count). The summed E-state index contributed by atoms with van der Waals surface area (Å²) in [5.41, 5.74) is 0. The van der Waals surface area contributed by atoms with Crippen molar-refractivity contribution >= 4 is 17.9 Å². The van der Waals surface area contributed by atoms with E-state index in [2.05, 4.69) is 75.5 Å². The van der Waals surface area contributed by atoms with Gasteiger partial charge in [-0.15, -0.1) is 0 Å². The lowest BCUT2D eigenvalue weighted by molar-refractivity contribution is -0.167. The van der Waals surface area contributed by atoms with E-state index < -0.39 is 6.10 Å². The number of hydrogen-bond donors (Lipinski definition) is 0. The Morgan fingerprint density at radius 3 is 1.03 bits per heavy atom. The Bertz CT molecular complexity index is 1290. The summed E-state index contributed by atoms with van der Waals surface area (Å²) in [6, 6.07) is 0. The van der Waals surface area contributed by atoms with E-state index in [1.54, 1.807) is 0 Å². The molecule has 0 bridgehead atoms. The minimum absolute atomic E-state index is 0.0944. The molecular weight excluding hydrogens is 817 g/mol. The van der Waals surface area contributed by atoms with Crippen molar-refractivity contribution in [2.24, 2.45) is 0 Å². The Hall–Kier alpha value is -3.41. The molecule has 0 fully saturated rings. The third-order valence-electron chi connectivity index (χ3n) is 11.7. The molecule has 0 saturated carbocycles. The predicted molar refractivity (Wildman–Crippen MR) is 284 cm³/mol. The number of unbranched alkanes of at least 4 members (excludes halogenated alkanes) is 28. The molecule has 0 aromatic carbocycles. The standard InChI is InChI=1S/C60H102O6/c1-4-7-10-13-16-19-22-25-27-29-30-31-33-35-38-41-44-47-50-53-59(62)65-56-57(55-64-58(61)52-49-46-43-40-37-34-24-21-18-15-12-9-6-3)66-60(63)54-51-48-45-42-39-36-32-28-26-23-20-17-14-11-8-5-2/h9,12,15-16,18-19,21-22,24-25,28,32,34,37,57H,4-8,10-11,13-14,17,20,23,26-27,29-31,33,35-36,38-56H2,1-3H3/b12-9-,18-15-,19-16-,24-21-,25-22-,32-28-,37-34-. The van der Waals surface area contributed by atoms with E-state index in [0.29, 0.717) is 19.3 Å². The number of carbonyl (C=O) groups excluding carboxylic acids is 3. The van der Waals surface area contributed by atoms with Gasteiger partial charge in [-0.3, -0.25) is 14.4 Å². The second-order valence-corrected chi connectivity index (χ2v) is 18.2. The Kier molecular flexibility index (Phi) is 51.4. The maximum absolute atomic E-state index is 12.8. The van der Waals surface area contributed by atoms with Gasteiger partial charge in [-0.1, -0.05) is 234 Å². The van der Waals surface area contributed by atoms with Crippen molar-refractivity contribution in [3.63, 3.8) is 0 Å². The summed E-state index contributed by atoms with van der Waals surface area (Å²) in [5.74, 6) is -0.943. The van der Waals surface area contributed by atoms with Crippen LogP contribution < -0.4 is 0 Å². The quantitative estimate of drug-likeness (QED) is 0.0199. The molecule has 0 amide bonds. The Morgan fingerprint density at radius 2 is 0.606 bits per heavy atom. The highest BCUT2D eigenvalue weighted by Gasteiger charge is 2.19. The molecular formula is C60H102O6. The van der Waals surface area contributed by atoms with E-state index in [4.69, 9.17) is 14.2 Å². The first-order valence-corrected chi connectivity index (χ1v) is 27.7. The summed E-state index contributed by atoms with van der Waals surface area (Å²) < 4.78 is 16.8. The van der Waals surface area contributed by atoms with Gasteiger partial charge < -0.3 is 14.2 Å². The first-order chi connectivity index (χ1) is 32.5. The third-order valence-corrected chi connectivity index (χ3v) is 11.7. The van der Waals surface area contributed by atoms with Crippen molar-refractivity contribution in [2.75, 3.05) is 13.2 Å². The number of carbonyl (C=O) groups is 3. The highest BCUT2D eigenvalue weighted by molar-refractivity contribution is 5.71. The van der Waals surface area contributed by atoms with Gasteiger partial charge in [0.2, 0.25) is 0 Å². The molecule has 0 heterocycles. The second kappa shape index (κ2) is 54.2. The molecule has 0 N–H and O–H groups in total. The van der Waals surface area contributed by atoms with E-state index >= 15 is 0 Å². The van der Waals surface area contributed by atoms with Crippen LogP contribution in [0.1, 0.15) is 258 Å². The summed E-state index contributed by atoms with van der Waals surface area (Å²) in [6.07, 6.45) is 70.0. The van der Waals surface area contributed by atoms with Gasteiger partial charge in [0.05, 0.1) is 0 Å². The molecule has 0 aliphatic carbocycles. The lowest BCUT2D eigenvalue weighted by Gasteiger charge is -2.18. The van der Waals surface area contributed by atoms with Crippen LogP contribution >= 0.6 is 0 Å². The minimum Gasteiger partial charge on any atom is -0.462 e. The van der Waals surface area contributed by atoms with Gasteiger partial charge in [-0.05, 0) is 89.9 Å². The van der Waals surface area contributed by atoms with Crippen molar-refractivity contribution in [2.45, 2.75) is 264 Å². The van der Waals surface area contributed by atoms with Crippen LogP contribution in [0.15, 0.2) is 85.1 Å². The predicted octanol–water partition coefficient (Wildman–Crippen LogP) is 18.4. The summed E-state index contributed by atoms with van der Waals surface area (Å²) in [4.78, 5) is 38.1. The summed E-state index contributed by atoms with van der Waals surface area (Å²) in [6.45, 7) is 6.43. The largest absolute Gasteiger partial charge is 0.462 e. The molecule has 0 aromatic heterocycles. The van der Waals surface area contributed by atoms with Crippen LogP contribution in [0, 0.1) is 0 Å². The van der Waals surface area contributed by atoms with Crippen molar-refractivity contribution < 1.29 is 28.6 Å². The molecule has 6 nitrogen and oxygen atoms in total. The number of ether oxygens (including phenoxy) is 3. The highest BCUT2D eigenvalue weighted by atomic mass is 16.6. The molecule has 0 radical (unpaired) electrons. The minimum atomic E-state index is -0.798. The number of esters is 3. The molecule has 1 unspecified atom stereocenters. The zero-order chi connectivity index (χ0) is 47.9. The first-order valence-electron chi connectivity index (χ1n) is 27.7. The highest BCUT2D eigenvalue weighted by Crippen LogP contribution is 2.15. The second-order valence-electron chi connectivity index (χ2n) is 18.2. The van der Waals surface area contributed by atoms with Crippen LogP contribution in [-0.4, -0.2) is 37.2 Å². The average molecular weight is 919 g/mol. The van der Waals surface area contributed by atoms with Crippen LogP contribution in [0.3, 0.4) is 0 Å². The van der Waals surface area contributed by atoms with Crippen LogP contribution in [0.25, 0.3) is 0 Å². The molecule has 0 aliphatic heterocycles. The Morgan fingerprint density at radius 1 is 0.318 bits per heavy atom. The van der Waals surface area contributed by atoms with Gasteiger partial charge in [0.25, 0.3) is 0 Å². The normalized spacial score (nSPS) is 12.7. The fourth-order valence-electron chi connectivity index (χ4n) is 7.56. The summed E-state index contributed by atoms with van der Waals surface area (Å²) in [7, 11) is 0. The van der Waals surface area contributed by atoms with E-state index in [-0.39, 0.29) is 31.1 Å². The average Bonchev–Trinajstić information content (AvgIpc) is 3.31. The Labute approximate surface area is 407 Å². The third kappa shape index (κ3) is 51.6. The zero-order valence-corrected chi connectivity index (χ0v) is 43.2. The van der Waals surface area contributed by atoms with Crippen molar-refractivity contribution in [3.8, 4) is 0 Å². The maximum atomic E-state index is 12.8. The van der Waals surface area contributed by atoms with Gasteiger partial charge in [0.15, 0.2) is 6.10 Å². The van der Waals surface area contributed by atoms with E-state index in [1.807, 2.05) is 30.4 Å². The number of allylic oxidation sites excluding steroid dienone is 14. The maximum Gasteiger partial charge on any atom is 0.306 e. The molecule has 66 heavy (non-hydrogen) atoms.